The number of aromatic nitrogens is 1. The van der Waals surface area contributed by atoms with Crippen LogP contribution in [0, 0.1) is 0 Å². The Morgan fingerprint density at radius 3 is 2.33 bits per heavy atom. The number of nitrogens with one attached hydrogen (secondary N) is 3. The summed E-state index contributed by atoms with van der Waals surface area (Å²) in [7, 11) is 2.04. The largest absolute Gasteiger partial charge is 0.489 e. The molecule has 0 aliphatic carbocycles. The van der Waals surface area contributed by atoms with Gasteiger partial charge in [0, 0.05) is 54.1 Å². The van der Waals surface area contributed by atoms with Crippen LogP contribution in [-0.4, -0.2) is 72.0 Å². The molecule has 3 aromatic carbocycles. The molecule has 2 heterocycles. The average Bonchev–Trinajstić information content (AvgIpc) is 3.49. The highest BCUT2D eigenvalue weighted by Gasteiger charge is 2.22. The molecule has 0 atom stereocenters. The van der Waals surface area contributed by atoms with Crippen molar-refractivity contribution in [2.45, 2.75) is 20.0 Å². The van der Waals surface area contributed by atoms with E-state index < -0.39 is 5.91 Å². The summed E-state index contributed by atoms with van der Waals surface area (Å²) in [5.74, 6) is -0.0323. The Kier molecular flexibility index (Phi) is 9.33. The number of urea groups is 1. The van der Waals surface area contributed by atoms with Crippen LogP contribution in [0.2, 0.25) is 0 Å². The van der Waals surface area contributed by atoms with Crippen LogP contribution in [0.25, 0.3) is 10.6 Å². The van der Waals surface area contributed by atoms with Gasteiger partial charge in [0.15, 0.2) is 0 Å². The first-order valence-corrected chi connectivity index (χ1v) is 14.9. The lowest BCUT2D eigenvalue weighted by atomic mass is 10.1. The first kappa shape index (κ1) is 29.7. The Morgan fingerprint density at radius 1 is 0.860 bits per heavy atom. The third-order valence-electron chi connectivity index (χ3n) is 6.77. The van der Waals surface area contributed by atoms with Crippen molar-refractivity contribution in [3.8, 4) is 16.3 Å². The predicted octanol–water partition coefficient (Wildman–Crippen LogP) is 5.88. The number of rotatable bonds is 8. The van der Waals surface area contributed by atoms with Crippen LogP contribution >= 0.6 is 11.3 Å². The number of ether oxygens (including phenoxy) is 1. The standard InChI is InChI=1S/C32H34N6O4S/c1-21(2)42-28-19-23(31(40)38-16-14-37(3)15-17-38)12-13-26(28)35-29(39)27-20-43-30(36-27)22-8-7-11-25(18-22)34-32(41)33-24-9-5-4-6-10-24/h4-13,18-21H,14-17H2,1-3H3,(H,35,39)(H2,33,34,41). The van der Waals surface area contributed by atoms with E-state index in [2.05, 4.69) is 25.8 Å². The number of hydrogen-bond acceptors (Lipinski definition) is 7. The second kappa shape index (κ2) is 13.5. The van der Waals surface area contributed by atoms with E-state index in [1.54, 1.807) is 47.8 Å². The SMILES string of the molecule is CC(C)Oc1cc(C(=O)N2CCN(C)CC2)ccc1NC(=O)c1csc(-c2cccc(NC(=O)Nc3ccccc3)c2)n1. The number of hydrogen-bond donors (Lipinski definition) is 3. The lowest BCUT2D eigenvalue weighted by molar-refractivity contribution is 0.0663. The van der Waals surface area contributed by atoms with Crippen LogP contribution in [-0.2, 0) is 0 Å². The van der Waals surface area contributed by atoms with Crippen LogP contribution in [0.4, 0.5) is 21.9 Å². The number of carbonyl (C=O) groups excluding carboxylic acids is 3. The Labute approximate surface area is 254 Å². The number of anilines is 3. The average molecular weight is 599 g/mol. The van der Waals surface area contributed by atoms with E-state index in [1.165, 1.54) is 11.3 Å². The second-order valence-electron chi connectivity index (χ2n) is 10.5. The zero-order chi connectivity index (χ0) is 30.3. The van der Waals surface area contributed by atoms with Crippen LogP contribution < -0.4 is 20.7 Å². The summed E-state index contributed by atoms with van der Waals surface area (Å²) < 4.78 is 5.98. The van der Waals surface area contributed by atoms with Gasteiger partial charge >= 0.3 is 6.03 Å². The fraction of sp³-hybridized carbons (Fsp3) is 0.250. The highest BCUT2D eigenvalue weighted by atomic mass is 32.1. The van der Waals surface area contributed by atoms with Gasteiger partial charge in [-0.2, -0.15) is 0 Å². The van der Waals surface area contributed by atoms with Crippen molar-refractivity contribution in [3.63, 3.8) is 0 Å². The number of carbonyl (C=O) groups is 3. The van der Waals surface area contributed by atoms with Crippen molar-refractivity contribution < 1.29 is 19.1 Å². The monoisotopic (exact) mass is 598 g/mol. The van der Waals surface area contributed by atoms with E-state index in [-0.39, 0.29) is 23.7 Å². The van der Waals surface area contributed by atoms with Crippen molar-refractivity contribution in [3.05, 3.63) is 89.4 Å². The Bertz CT molecular complexity index is 1600. The van der Waals surface area contributed by atoms with Gasteiger partial charge in [-0.15, -0.1) is 11.3 Å². The second-order valence-corrected chi connectivity index (χ2v) is 11.3. The summed E-state index contributed by atoms with van der Waals surface area (Å²) in [6.45, 7) is 6.77. The molecule has 11 heteroatoms. The molecule has 1 aromatic heterocycles. The summed E-state index contributed by atoms with van der Waals surface area (Å²) in [6, 6.07) is 21.2. The molecule has 5 rings (SSSR count). The maximum atomic E-state index is 13.2. The fourth-order valence-corrected chi connectivity index (χ4v) is 5.34. The first-order valence-electron chi connectivity index (χ1n) is 14.0. The number of benzene rings is 3. The Hall–Kier alpha value is -4.74. The van der Waals surface area contributed by atoms with E-state index in [0.29, 0.717) is 46.5 Å². The highest BCUT2D eigenvalue weighted by Crippen LogP contribution is 2.30. The number of piperazine rings is 1. The number of likely N-dealkylation sites (N-methyl/N-ethyl adjacent to an activating group) is 1. The lowest BCUT2D eigenvalue weighted by Crippen LogP contribution is -2.47. The quantitative estimate of drug-likeness (QED) is 0.233. The van der Waals surface area contributed by atoms with Gasteiger partial charge in [-0.1, -0.05) is 30.3 Å². The number of amides is 4. The van der Waals surface area contributed by atoms with Gasteiger partial charge in [-0.05, 0) is 63.4 Å². The van der Waals surface area contributed by atoms with Gasteiger partial charge in [-0.25, -0.2) is 9.78 Å². The Morgan fingerprint density at radius 2 is 1.58 bits per heavy atom. The molecule has 4 amide bonds. The highest BCUT2D eigenvalue weighted by molar-refractivity contribution is 7.13. The van der Waals surface area contributed by atoms with Gasteiger partial charge in [0.25, 0.3) is 11.8 Å². The van der Waals surface area contributed by atoms with Crippen molar-refractivity contribution in [1.29, 1.82) is 0 Å². The number of thiazole rings is 1. The van der Waals surface area contributed by atoms with E-state index in [0.717, 1.165) is 18.7 Å². The molecule has 1 aliphatic rings. The van der Waals surface area contributed by atoms with Crippen LogP contribution in [0.15, 0.2) is 78.2 Å². The van der Waals surface area contributed by atoms with Crippen molar-refractivity contribution in [2.75, 3.05) is 49.2 Å². The maximum absolute atomic E-state index is 13.2. The first-order chi connectivity index (χ1) is 20.7. The van der Waals surface area contributed by atoms with Crippen LogP contribution in [0.5, 0.6) is 5.75 Å². The van der Waals surface area contributed by atoms with E-state index in [9.17, 15) is 14.4 Å². The van der Waals surface area contributed by atoms with Crippen LogP contribution in [0.3, 0.4) is 0 Å². The van der Waals surface area contributed by atoms with Crippen molar-refractivity contribution in [2.24, 2.45) is 0 Å². The molecule has 4 aromatic rings. The summed E-state index contributed by atoms with van der Waals surface area (Å²) in [5.41, 5.74) is 3.25. The topological polar surface area (TPSA) is 116 Å². The molecule has 0 unspecified atom stereocenters. The molecule has 43 heavy (non-hydrogen) atoms. The minimum Gasteiger partial charge on any atom is -0.489 e. The Balaban J connectivity index is 1.27. The van der Waals surface area contributed by atoms with Gasteiger partial charge in [-0.3, -0.25) is 9.59 Å². The van der Waals surface area contributed by atoms with Gasteiger partial charge in [0.2, 0.25) is 0 Å². The number of nitrogens with zero attached hydrogens (tertiary/aromatic N) is 3. The molecule has 1 fully saturated rings. The predicted molar refractivity (Wildman–Crippen MR) is 170 cm³/mol. The van der Waals surface area contributed by atoms with Crippen LogP contribution in [0.1, 0.15) is 34.7 Å². The van der Waals surface area contributed by atoms with E-state index in [1.807, 2.05) is 56.1 Å². The zero-order valence-electron chi connectivity index (χ0n) is 24.3. The molecule has 0 saturated carbocycles. The molecule has 3 N–H and O–H groups in total. The summed E-state index contributed by atoms with van der Waals surface area (Å²) >= 11 is 1.32. The maximum Gasteiger partial charge on any atom is 0.323 e. The zero-order valence-corrected chi connectivity index (χ0v) is 25.1. The van der Waals surface area contributed by atoms with Crippen molar-refractivity contribution in [1.82, 2.24) is 14.8 Å². The lowest BCUT2D eigenvalue weighted by Gasteiger charge is -2.32. The molecule has 0 bridgehead atoms. The summed E-state index contributed by atoms with van der Waals surface area (Å²) in [4.78, 5) is 47.3. The molecule has 10 nitrogen and oxygen atoms in total. The molecule has 1 aliphatic heterocycles. The fourth-order valence-electron chi connectivity index (χ4n) is 4.54. The molecule has 0 spiro atoms. The van der Waals surface area contributed by atoms with Gasteiger partial charge in [0.1, 0.15) is 16.5 Å². The van der Waals surface area contributed by atoms with Gasteiger partial charge < -0.3 is 30.5 Å². The van der Waals surface area contributed by atoms with Gasteiger partial charge in [0.05, 0.1) is 11.8 Å². The van der Waals surface area contributed by atoms with Crippen molar-refractivity contribution >= 4 is 46.2 Å². The molecular formula is C32H34N6O4S. The van der Waals surface area contributed by atoms with E-state index in [4.69, 9.17) is 4.74 Å². The third kappa shape index (κ3) is 7.76. The third-order valence-corrected chi connectivity index (χ3v) is 7.66. The molecular weight excluding hydrogens is 564 g/mol. The molecule has 0 radical (unpaired) electrons. The molecule has 1 saturated heterocycles. The summed E-state index contributed by atoms with van der Waals surface area (Å²) in [5, 5.41) is 10.8. The minimum atomic E-state index is -0.397. The smallest absolute Gasteiger partial charge is 0.323 e. The summed E-state index contributed by atoms with van der Waals surface area (Å²) in [6.07, 6.45) is -0.161. The molecule has 222 valence electrons. The minimum absolute atomic E-state index is 0.0574. The normalized spacial score (nSPS) is 13.4. The van der Waals surface area contributed by atoms with E-state index >= 15 is 0 Å². The number of para-hydroxylation sites is 1.